The number of fused-ring (bicyclic) bond motifs is 2. The SMILES string of the molecule is CCCc1cc2c(C)ccc(C)c2[cH-]1.CCCc1cc2c(C)ccc(C)c2[cH-]1.C[Si]C.[Cl][Zr+2][Cl]. The standard InChI is InChI=1S/2C14H17.C2H6Si.2ClH.Zr/c2*1-4-5-12-8-13-10(2)6-7-11(3)14(13)9-12;1-3-2;;;/h2*6-9H,4-5H2,1-3H3;1-2H3;2*1H;/q2*-1;;;;+4/p-2. The fourth-order valence-electron chi connectivity index (χ4n) is 4.17. The zero-order chi connectivity index (χ0) is 25.7. The Morgan fingerprint density at radius 1 is 0.676 bits per heavy atom. The molecule has 0 aliphatic carbocycles. The molecule has 0 nitrogen and oxygen atoms in total. The van der Waals surface area contributed by atoms with Crippen molar-refractivity contribution in [3.8, 4) is 0 Å². The van der Waals surface area contributed by atoms with E-state index < -0.39 is 20.8 Å². The van der Waals surface area contributed by atoms with E-state index in [2.05, 4.69) is 103 Å². The van der Waals surface area contributed by atoms with E-state index in [1.54, 1.807) is 0 Å². The molecule has 0 bridgehead atoms. The van der Waals surface area contributed by atoms with E-state index in [4.69, 9.17) is 17.0 Å². The Morgan fingerprint density at radius 3 is 1.24 bits per heavy atom. The van der Waals surface area contributed by atoms with E-state index in [0.717, 1.165) is 9.52 Å². The molecule has 2 radical (unpaired) electrons. The second kappa shape index (κ2) is 16.9. The number of hydrogen-bond donors (Lipinski definition) is 0. The van der Waals surface area contributed by atoms with E-state index in [-0.39, 0.29) is 0 Å². The summed E-state index contributed by atoms with van der Waals surface area (Å²) in [6.07, 6.45) is 4.87. The Hall–Kier alpha value is -0.660. The topological polar surface area (TPSA) is 0 Å². The van der Waals surface area contributed by atoms with E-state index in [1.165, 1.54) is 80.6 Å². The summed E-state index contributed by atoms with van der Waals surface area (Å²) in [4.78, 5) is 0. The number of benzene rings is 2. The molecule has 0 heterocycles. The van der Waals surface area contributed by atoms with Crippen molar-refractivity contribution in [3.63, 3.8) is 0 Å². The summed E-state index contributed by atoms with van der Waals surface area (Å²) in [6.45, 7) is 17.5. The summed E-state index contributed by atoms with van der Waals surface area (Å²) in [5.41, 5.74) is 8.56. The van der Waals surface area contributed by atoms with E-state index in [1.807, 2.05) is 0 Å². The second-order valence-electron chi connectivity index (χ2n) is 8.85. The normalized spacial score (nSPS) is 9.94. The van der Waals surface area contributed by atoms with Crippen molar-refractivity contribution in [2.24, 2.45) is 0 Å². The number of rotatable bonds is 4. The quantitative estimate of drug-likeness (QED) is 0.164. The summed E-state index contributed by atoms with van der Waals surface area (Å²) in [7, 11) is 11.0. The first-order valence-electron chi connectivity index (χ1n) is 12.1. The van der Waals surface area contributed by atoms with Gasteiger partial charge in [0.2, 0.25) is 0 Å². The van der Waals surface area contributed by atoms with Crippen molar-refractivity contribution < 1.29 is 20.8 Å². The van der Waals surface area contributed by atoms with Crippen LogP contribution in [-0.4, -0.2) is 9.52 Å². The molecule has 0 saturated heterocycles. The minimum atomic E-state index is -0.826. The molecule has 182 valence electrons. The Bertz CT molecular complexity index is 956. The molecule has 0 atom stereocenters. The number of hydrogen-bond acceptors (Lipinski definition) is 0. The summed E-state index contributed by atoms with van der Waals surface area (Å²) >= 11 is -0.826. The molecular formula is C30H40Cl2SiZr. The van der Waals surface area contributed by atoms with Gasteiger partial charge in [0.15, 0.2) is 0 Å². The van der Waals surface area contributed by atoms with Gasteiger partial charge in [-0.1, -0.05) is 76.9 Å². The Morgan fingerprint density at radius 2 is 0.971 bits per heavy atom. The van der Waals surface area contributed by atoms with Crippen molar-refractivity contribution in [1.82, 2.24) is 0 Å². The van der Waals surface area contributed by atoms with Crippen LogP contribution >= 0.6 is 17.0 Å². The molecule has 0 aliphatic heterocycles. The van der Waals surface area contributed by atoms with Gasteiger partial charge in [0.1, 0.15) is 0 Å². The average Bonchev–Trinajstić information content (AvgIpc) is 3.42. The molecule has 4 heteroatoms. The first-order chi connectivity index (χ1) is 16.3. The van der Waals surface area contributed by atoms with Gasteiger partial charge in [0.25, 0.3) is 0 Å². The van der Waals surface area contributed by atoms with Crippen molar-refractivity contribution in [2.45, 2.75) is 80.3 Å². The Balaban J connectivity index is 0.000000277. The minimum absolute atomic E-state index is 0.826. The molecule has 0 unspecified atom stereocenters. The van der Waals surface area contributed by atoms with E-state index >= 15 is 0 Å². The van der Waals surface area contributed by atoms with Gasteiger partial charge < -0.3 is 0 Å². The second-order valence-corrected chi connectivity index (χ2v) is 13.6. The Labute approximate surface area is 229 Å². The molecule has 4 rings (SSSR count). The van der Waals surface area contributed by atoms with Crippen LogP contribution < -0.4 is 0 Å². The molecule has 0 N–H and O–H groups in total. The average molecular weight is 591 g/mol. The predicted molar refractivity (Wildman–Crippen MR) is 155 cm³/mol. The molecule has 34 heavy (non-hydrogen) atoms. The van der Waals surface area contributed by atoms with Gasteiger partial charge in [-0.15, -0.1) is 68.1 Å². The van der Waals surface area contributed by atoms with Crippen LogP contribution in [0.5, 0.6) is 0 Å². The Kier molecular flexibility index (Phi) is 15.6. The van der Waals surface area contributed by atoms with Gasteiger partial charge in [-0.25, -0.2) is 0 Å². The van der Waals surface area contributed by atoms with Gasteiger partial charge in [0, 0.05) is 9.52 Å². The van der Waals surface area contributed by atoms with Crippen molar-refractivity contribution in [3.05, 3.63) is 81.9 Å². The van der Waals surface area contributed by atoms with Crippen LogP contribution in [-0.2, 0) is 33.7 Å². The molecule has 0 aromatic heterocycles. The zero-order valence-corrected chi connectivity index (χ0v) is 27.2. The van der Waals surface area contributed by atoms with E-state index in [0.29, 0.717) is 0 Å². The zero-order valence-electron chi connectivity index (χ0n) is 22.2. The third kappa shape index (κ3) is 9.42. The third-order valence-corrected chi connectivity index (χ3v) is 5.84. The van der Waals surface area contributed by atoms with Crippen molar-refractivity contribution in [1.29, 1.82) is 0 Å². The molecule has 4 aromatic carbocycles. The fraction of sp³-hybridized carbons (Fsp3) is 0.400. The van der Waals surface area contributed by atoms with Crippen LogP contribution in [0.3, 0.4) is 0 Å². The molecule has 0 saturated carbocycles. The van der Waals surface area contributed by atoms with E-state index in [9.17, 15) is 0 Å². The summed E-state index contributed by atoms with van der Waals surface area (Å²) in [5.74, 6) is 0. The maximum absolute atomic E-state index is 4.93. The van der Waals surface area contributed by atoms with Crippen LogP contribution in [0, 0.1) is 27.7 Å². The van der Waals surface area contributed by atoms with Crippen LogP contribution in [0.1, 0.15) is 60.1 Å². The molecule has 0 aliphatic rings. The fourth-order valence-corrected chi connectivity index (χ4v) is 4.17. The van der Waals surface area contributed by atoms with Crippen LogP contribution in [0.2, 0.25) is 13.1 Å². The first-order valence-corrected chi connectivity index (χ1v) is 20.5. The van der Waals surface area contributed by atoms with Crippen LogP contribution in [0.25, 0.3) is 21.5 Å². The van der Waals surface area contributed by atoms with Gasteiger partial charge >= 0.3 is 37.9 Å². The van der Waals surface area contributed by atoms with Gasteiger partial charge in [0.05, 0.1) is 0 Å². The summed E-state index contributed by atoms with van der Waals surface area (Å²) < 4.78 is 0. The van der Waals surface area contributed by atoms with Crippen molar-refractivity contribution in [2.75, 3.05) is 0 Å². The van der Waals surface area contributed by atoms with Crippen molar-refractivity contribution >= 4 is 48.1 Å². The molecule has 0 spiro atoms. The molecule has 0 amide bonds. The van der Waals surface area contributed by atoms with Gasteiger partial charge in [-0.3, -0.25) is 0 Å². The van der Waals surface area contributed by atoms with Gasteiger partial charge in [-0.2, -0.15) is 12.1 Å². The number of aryl methyl sites for hydroxylation is 6. The first kappa shape index (κ1) is 31.4. The summed E-state index contributed by atoms with van der Waals surface area (Å²) in [5, 5.41) is 5.75. The van der Waals surface area contributed by atoms with Gasteiger partial charge in [-0.05, 0) is 26.7 Å². The molecular weight excluding hydrogens is 551 g/mol. The molecule has 0 fully saturated rings. The maximum atomic E-state index is 4.93. The number of halogens is 2. The van der Waals surface area contributed by atoms with Crippen LogP contribution in [0.15, 0.2) is 48.5 Å². The predicted octanol–water partition coefficient (Wildman–Crippen LogP) is 10.4. The van der Waals surface area contributed by atoms with Crippen LogP contribution in [0.4, 0.5) is 0 Å². The monoisotopic (exact) mass is 588 g/mol. The molecule has 4 aromatic rings. The summed E-state index contributed by atoms with van der Waals surface area (Å²) in [6, 6.07) is 18.3. The third-order valence-electron chi connectivity index (χ3n) is 5.84.